The van der Waals surface area contributed by atoms with Gasteiger partial charge in [-0.3, -0.25) is 4.57 Å². The summed E-state index contributed by atoms with van der Waals surface area (Å²) < 4.78 is 36.6. The fourth-order valence-electron chi connectivity index (χ4n) is 7.50. The van der Waals surface area contributed by atoms with E-state index in [9.17, 15) is 0 Å². The number of aliphatic imine (C=N–C) groups is 2. The molecule has 8 rings (SSSR count). The van der Waals surface area contributed by atoms with E-state index in [-0.39, 0.29) is 0 Å². The summed E-state index contributed by atoms with van der Waals surface area (Å²) in [6.07, 6.45) is 0. The summed E-state index contributed by atoms with van der Waals surface area (Å²) in [5.41, 5.74) is 5.30. The zero-order valence-corrected chi connectivity index (χ0v) is 37.3. The lowest BCUT2D eigenvalue weighted by Crippen LogP contribution is -2.32. The van der Waals surface area contributed by atoms with Crippen molar-refractivity contribution in [3.63, 3.8) is 0 Å². The van der Waals surface area contributed by atoms with E-state index < -0.39 is 5.79 Å². The van der Waals surface area contributed by atoms with Crippen LogP contribution in [0.15, 0.2) is 131 Å². The molecule has 1 aliphatic heterocycles. The fraction of sp³-hybridized carbons (Fsp3) is 0.146. The van der Waals surface area contributed by atoms with Gasteiger partial charge < -0.3 is 28.4 Å². The van der Waals surface area contributed by atoms with Gasteiger partial charge in [-0.15, -0.1) is 0 Å². The van der Waals surface area contributed by atoms with Crippen molar-refractivity contribution < 1.29 is 28.4 Å². The number of halogens is 4. The summed E-state index contributed by atoms with van der Waals surface area (Å²) in [6.45, 7) is 0. The van der Waals surface area contributed by atoms with Gasteiger partial charge in [0.25, 0.3) is 5.79 Å². The molecule has 0 fully saturated rings. The zero-order valence-electron chi connectivity index (χ0n) is 34.3. The van der Waals surface area contributed by atoms with Crippen LogP contribution in [0.3, 0.4) is 0 Å². The second-order valence-electron chi connectivity index (χ2n) is 13.8. The quantitative estimate of drug-likeness (QED) is 0.114. The molecule has 0 bridgehead atoms. The third kappa shape index (κ3) is 7.47. The van der Waals surface area contributed by atoms with Crippen molar-refractivity contribution in [2.75, 3.05) is 42.7 Å². The van der Waals surface area contributed by atoms with Crippen LogP contribution in [-0.4, -0.2) is 63.6 Å². The highest BCUT2D eigenvalue weighted by atomic mass is 35.5. The summed E-state index contributed by atoms with van der Waals surface area (Å²) in [7, 11) is 9.46. The second kappa shape index (κ2) is 17.7. The number of nitrogens with zero attached hydrogens (tertiary/aromatic N) is 4. The first-order chi connectivity index (χ1) is 30.1. The molecule has 1 unspecified atom stereocenters. The second-order valence-corrected chi connectivity index (χ2v) is 15.4. The van der Waals surface area contributed by atoms with Crippen molar-refractivity contribution in [2.24, 2.45) is 9.98 Å². The van der Waals surface area contributed by atoms with Crippen LogP contribution in [0.1, 0.15) is 16.7 Å². The smallest absolute Gasteiger partial charge is 0.263 e. The van der Waals surface area contributed by atoms with Crippen molar-refractivity contribution in [3.8, 4) is 68.4 Å². The largest absolute Gasteiger partial charge is 0.497 e. The van der Waals surface area contributed by atoms with Gasteiger partial charge in [-0.25, -0.2) is 15.0 Å². The van der Waals surface area contributed by atoms with E-state index in [1.807, 2.05) is 89.5 Å². The summed E-state index contributed by atoms with van der Waals surface area (Å²) >= 11 is 28.8. The zero-order chi connectivity index (χ0) is 43.7. The van der Waals surface area contributed by atoms with Crippen LogP contribution in [0.5, 0.6) is 34.5 Å². The van der Waals surface area contributed by atoms with Crippen LogP contribution in [0.4, 0.5) is 0 Å². The summed E-state index contributed by atoms with van der Waals surface area (Å²) in [6, 6.07) is 36.6. The number of rotatable bonds is 13. The maximum absolute atomic E-state index is 7.40. The molecule has 0 N–H and O–H groups in total. The van der Waals surface area contributed by atoms with Crippen LogP contribution in [0, 0.1) is 0 Å². The van der Waals surface area contributed by atoms with Gasteiger partial charge >= 0.3 is 0 Å². The highest BCUT2D eigenvalue weighted by Gasteiger charge is 2.47. The number of methoxy groups -OCH3 is 6. The third-order valence-corrected chi connectivity index (χ3v) is 11.8. The molecule has 10 nitrogen and oxygen atoms in total. The van der Waals surface area contributed by atoms with E-state index >= 15 is 0 Å². The fourth-order valence-corrected chi connectivity index (χ4v) is 8.39. The van der Waals surface area contributed by atoms with E-state index in [1.54, 1.807) is 79.1 Å². The van der Waals surface area contributed by atoms with Gasteiger partial charge in [-0.1, -0.05) is 82.8 Å². The Hall–Kier alpha value is -6.17. The van der Waals surface area contributed by atoms with Gasteiger partial charge in [0.05, 0.1) is 85.6 Å². The number of hydrogen-bond acceptors (Lipinski definition) is 9. The Morgan fingerprint density at radius 3 is 1.56 bits per heavy atom. The lowest BCUT2D eigenvalue weighted by Gasteiger charge is -2.31. The lowest BCUT2D eigenvalue weighted by atomic mass is 9.99. The Morgan fingerprint density at radius 1 is 0.452 bits per heavy atom. The maximum Gasteiger partial charge on any atom is 0.263 e. The van der Waals surface area contributed by atoms with Crippen molar-refractivity contribution in [2.45, 2.75) is 5.79 Å². The molecule has 62 heavy (non-hydrogen) atoms. The van der Waals surface area contributed by atoms with Gasteiger partial charge in [-0.05, 0) is 84.9 Å². The summed E-state index contributed by atoms with van der Waals surface area (Å²) in [5.74, 6) is 1.50. The van der Waals surface area contributed by atoms with Gasteiger partial charge in [0.1, 0.15) is 17.3 Å². The third-order valence-electron chi connectivity index (χ3n) is 10.5. The SMILES string of the molecule is COc1ccc(Cl)c(-c2nc(-c3ccccc3Cl)c(-c3ccc(OC)c(OC)c3)n2C2(c3cc(OC)ccc3Cl)N=C(c3ccc(OC)c(OC)c3)C(c3ccccc3Cl)=N2)c1. The van der Waals surface area contributed by atoms with E-state index in [0.717, 1.165) is 0 Å². The topological polar surface area (TPSA) is 97.9 Å². The van der Waals surface area contributed by atoms with E-state index in [2.05, 4.69) is 0 Å². The van der Waals surface area contributed by atoms with E-state index in [0.29, 0.717) is 117 Å². The minimum atomic E-state index is -1.83. The number of hydrogen-bond donors (Lipinski definition) is 0. The number of benzene rings is 6. The summed E-state index contributed by atoms with van der Waals surface area (Å²) in [5, 5.41) is 1.56. The Labute approximate surface area is 378 Å². The van der Waals surface area contributed by atoms with Gasteiger partial charge in [0.2, 0.25) is 0 Å². The molecule has 1 aromatic heterocycles. The van der Waals surface area contributed by atoms with Gasteiger partial charge in [-0.2, -0.15) is 0 Å². The van der Waals surface area contributed by atoms with Crippen LogP contribution >= 0.6 is 46.4 Å². The molecule has 0 saturated carbocycles. The van der Waals surface area contributed by atoms with Crippen LogP contribution in [-0.2, 0) is 5.79 Å². The molecule has 314 valence electrons. The highest BCUT2D eigenvalue weighted by Crippen LogP contribution is 2.51. The first kappa shape index (κ1) is 42.5. The molecule has 2 heterocycles. The van der Waals surface area contributed by atoms with Crippen LogP contribution in [0.2, 0.25) is 20.1 Å². The molecule has 7 aromatic rings. The molecular weight excluding hydrogens is 870 g/mol. The Kier molecular flexibility index (Phi) is 12.1. The number of ether oxygens (including phenoxy) is 6. The summed E-state index contributed by atoms with van der Waals surface area (Å²) in [4.78, 5) is 16.9. The van der Waals surface area contributed by atoms with E-state index in [4.69, 9.17) is 89.8 Å². The molecule has 0 radical (unpaired) electrons. The highest BCUT2D eigenvalue weighted by molar-refractivity contribution is 6.56. The molecule has 1 atom stereocenters. The molecule has 0 amide bonds. The van der Waals surface area contributed by atoms with Crippen molar-refractivity contribution in [1.29, 1.82) is 0 Å². The van der Waals surface area contributed by atoms with Crippen molar-refractivity contribution in [3.05, 3.63) is 158 Å². The van der Waals surface area contributed by atoms with Crippen LogP contribution in [0.25, 0.3) is 33.9 Å². The monoisotopic (exact) mass is 906 g/mol. The lowest BCUT2D eigenvalue weighted by molar-refractivity contribution is 0.355. The predicted octanol–water partition coefficient (Wildman–Crippen LogP) is 12.2. The minimum absolute atomic E-state index is 0.319. The predicted molar refractivity (Wildman–Crippen MR) is 247 cm³/mol. The van der Waals surface area contributed by atoms with E-state index in [1.165, 1.54) is 0 Å². The molecule has 0 spiro atoms. The Bertz CT molecular complexity index is 2910. The molecule has 6 aromatic carbocycles. The average molecular weight is 909 g/mol. The molecular formula is C48H38Cl4N4O6. The Morgan fingerprint density at radius 2 is 0.968 bits per heavy atom. The van der Waals surface area contributed by atoms with Gasteiger partial charge in [0.15, 0.2) is 23.0 Å². The average Bonchev–Trinajstić information content (AvgIpc) is 3.90. The molecule has 0 saturated heterocycles. The van der Waals surface area contributed by atoms with Crippen molar-refractivity contribution in [1.82, 2.24) is 9.55 Å². The number of imidazole rings is 1. The molecule has 1 aliphatic rings. The van der Waals surface area contributed by atoms with Gasteiger partial charge in [0, 0.05) is 33.4 Å². The standard InChI is InChI=1S/C48H38Cl4N4O6/c1-57-29-17-19-37(51)33(25-29)47-53-45(32-12-8-10-14-36(32)50)46(28-16-22-40(60-4)42(24-28)62-6)56(47)48(34-26-30(58-2)18-20-38(34)52)54-43(27-15-21-39(59-3)41(23-27)61-5)44(55-48)31-11-7-9-13-35(31)49/h7-26H,1-6H3. The minimum Gasteiger partial charge on any atom is -0.497 e. The first-order valence-corrected chi connectivity index (χ1v) is 20.6. The van der Waals surface area contributed by atoms with Crippen LogP contribution < -0.4 is 28.4 Å². The molecule has 0 aliphatic carbocycles. The number of aromatic nitrogens is 2. The Balaban J connectivity index is 1.64. The normalized spacial score (nSPS) is 14.5. The molecule has 14 heteroatoms. The maximum atomic E-state index is 7.40. The van der Waals surface area contributed by atoms with Crippen molar-refractivity contribution >= 4 is 57.8 Å². The first-order valence-electron chi connectivity index (χ1n) is 19.0.